The van der Waals surface area contributed by atoms with E-state index in [1.54, 1.807) is 0 Å². The number of aromatic nitrogens is 3. The summed E-state index contributed by atoms with van der Waals surface area (Å²) < 4.78 is 0. The monoisotopic (exact) mass is 276 g/mol. The smallest absolute Gasteiger partial charge is 0.232 e. The maximum atomic E-state index is 4.73. The minimum absolute atomic E-state index is 0.577. The molecule has 1 aromatic heterocycles. The summed E-state index contributed by atoms with van der Waals surface area (Å²) in [5.74, 6) is 2.35. The summed E-state index contributed by atoms with van der Waals surface area (Å²) in [5.41, 5.74) is 0. The average molecular weight is 276 g/mol. The highest BCUT2D eigenvalue weighted by Crippen LogP contribution is 2.27. The van der Waals surface area contributed by atoms with Crippen molar-refractivity contribution in [3.63, 3.8) is 0 Å². The van der Waals surface area contributed by atoms with Crippen LogP contribution in [-0.4, -0.2) is 47.7 Å². The largest absolute Gasteiger partial charge is 0.357 e. The molecule has 2 aliphatic heterocycles. The van der Waals surface area contributed by atoms with Crippen molar-refractivity contribution >= 4 is 17.8 Å². The Hall–Kier alpha value is -1.59. The molecule has 1 unspecified atom stereocenters. The first kappa shape index (κ1) is 13.4. The van der Waals surface area contributed by atoms with E-state index in [2.05, 4.69) is 32.0 Å². The quantitative estimate of drug-likeness (QED) is 0.906. The van der Waals surface area contributed by atoms with Crippen LogP contribution in [0.25, 0.3) is 0 Å². The molecule has 6 nitrogen and oxygen atoms in total. The van der Waals surface area contributed by atoms with E-state index < -0.39 is 0 Å². The molecule has 0 radical (unpaired) electrons. The molecule has 0 aromatic carbocycles. The molecule has 1 atom stereocenters. The maximum Gasteiger partial charge on any atom is 0.232 e. The van der Waals surface area contributed by atoms with E-state index in [9.17, 15) is 0 Å². The molecule has 2 fully saturated rings. The maximum absolute atomic E-state index is 4.73. The summed E-state index contributed by atoms with van der Waals surface area (Å²) in [6, 6.07) is 0.577. The van der Waals surface area contributed by atoms with Gasteiger partial charge in [0.05, 0.1) is 0 Å². The van der Waals surface area contributed by atoms with Gasteiger partial charge in [-0.3, -0.25) is 0 Å². The number of nitrogens with one attached hydrogen (secondary N) is 1. The molecule has 0 spiro atoms. The topological polar surface area (TPSA) is 57.2 Å². The molecular weight excluding hydrogens is 252 g/mol. The molecule has 110 valence electrons. The van der Waals surface area contributed by atoms with E-state index in [4.69, 9.17) is 4.98 Å². The van der Waals surface area contributed by atoms with Gasteiger partial charge in [0.2, 0.25) is 17.8 Å². The van der Waals surface area contributed by atoms with Crippen LogP contribution in [0.3, 0.4) is 0 Å². The fourth-order valence-electron chi connectivity index (χ4n) is 3.18. The second kappa shape index (κ2) is 5.81. The van der Waals surface area contributed by atoms with E-state index in [0.717, 1.165) is 38.0 Å². The fraction of sp³-hybridized carbons (Fsp3) is 0.786. The second-order valence-electron chi connectivity index (χ2n) is 5.60. The predicted octanol–water partition coefficient (Wildman–Crippen LogP) is 1.89. The summed E-state index contributed by atoms with van der Waals surface area (Å²) >= 11 is 0. The van der Waals surface area contributed by atoms with Crippen LogP contribution < -0.4 is 15.1 Å². The van der Waals surface area contributed by atoms with Crippen molar-refractivity contribution in [3.8, 4) is 0 Å². The molecule has 1 aromatic rings. The minimum Gasteiger partial charge on any atom is -0.357 e. The van der Waals surface area contributed by atoms with Gasteiger partial charge in [0.1, 0.15) is 0 Å². The first-order valence-corrected chi connectivity index (χ1v) is 7.77. The van der Waals surface area contributed by atoms with Crippen LogP contribution in [0.15, 0.2) is 0 Å². The van der Waals surface area contributed by atoms with Crippen molar-refractivity contribution < 1.29 is 0 Å². The zero-order valence-electron chi connectivity index (χ0n) is 12.5. The van der Waals surface area contributed by atoms with Crippen molar-refractivity contribution in [2.24, 2.45) is 0 Å². The molecule has 1 N–H and O–H groups in total. The molecule has 0 aliphatic carbocycles. The van der Waals surface area contributed by atoms with Gasteiger partial charge in [-0.15, -0.1) is 0 Å². The summed E-state index contributed by atoms with van der Waals surface area (Å²) in [4.78, 5) is 18.4. The van der Waals surface area contributed by atoms with Crippen LogP contribution in [0.5, 0.6) is 0 Å². The van der Waals surface area contributed by atoms with Gasteiger partial charge < -0.3 is 15.1 Å². The van der Waals surface area contributed by atoms with Crippen LogP contribution in [0.4, 0.5) is 17.8 Å². The summed E-state index contributed by atoms with van der Waals surface area (Å²) in [7, 11) is 1.87. The zero-order valence-corrected chi connectivity index (χ0v) is 12.5. The van der Waals surface area contributed by atoms with E-state index >= 15 is 0 Å². The number of hydrogen-bond acceptors (Lipinski definition) is 6. The van der Waals surface area contributed by atoms with E-state index in [1.807, 2.05) is 7.05 Å². The SMILES string of the molecule is CCC1CCCN1c1nc(NC)nc(N2CCCC2)n1. The Morgan fingerprint density at radius 1 is 1.05 bits per heavy atom. The van der Waals surface area contributed by atoms with Crippen LogP contribution in [0.2, 0.25) is 0 Å². The molecule has 2 saturated heterocycles. The molecule has 0 saturated carbocycles. The highest BCUT2D eigenvalue weighted by Gasteiger charge is 2.27. The highest BCUT2D eigenvalue weighted by atomic mass is 15.4. The van der Waals surface area contributed by atoms with Crippen LogP contribution >= 0.6 is 0 Å². The van der Waals surface area contributed by atoms with Crippen LogP contribution in [-0.2, 0) is 0 Å². The first-order valence-electron chi connectivity index (χ1n) is 7.77. The van der Waals surface area contributed by atoms with Crippen LogP contribution in [0.1, 0.15) is 39.0 Å². The second-order valence-corrected chi connectivity index (χ2v) is 5.60. The third-order valence-corrected chi connectivity index (χ3v) is 4.33. The van der Waals surface area contributed by atoms with Crippen molar-refractivity contribution in [3.05, 3.63) is 0 Å². The fourth-order valence-corrected chi connectivity index (χ4v) is 3.18. The molecule has 2 aliphatic rings. The standard InChI is InChI=1S/C14H24N6/c1-3-11-7-6-10-20(11)14-17-12(15-2)16-13(18-14)19-8-4-5-9-19/h11H,3-10H2,1-2H3,(H,15,16,17,18). The first-order chi connectivity index (χ1) is 9.81. The molecule has 3 heterocycles. The Morgan fingerprint density at radius 2 is 1.80 bits per heavy atom. The molecule has 6 heteroatoms. The van der Waals surface area contributed by atoms with E-state index in [-0.39, 0.29) is 0 Å². The zero-order chi connectivity index (χ0) is 13.9. The summed E-state index contributed by atoms with van der Waals surface area (Å²) in [5, 5.41) is 3.07. The van der Waals surface area contributed by atoms with Gasteiger partial charge in [0.25, 0.3) is 0 Å². The highest BCUT2D eigenvalue weighted by molar-refractivity contribution is 5.46. The van der Waals surface area contributed by atoms with Gasteiger partial charge in [-0.05, 0) is 32.1 Å². The van der Waals surface area contributed by atoms with Crippen molar-refractivity contribution in [1.82, 2.24) is 15.0 Å². The number of anilines is 3. The minimum atomic E-state index is 0.577. The van der Waals surface area contributed by atoms with Gasteiger partial charge in [-0.1, -0.05) is 6.92 Å². The number of nitrogens with zero attached hydrogens (tertiary/aromatic N) is 5. The Morgan fingerprint density at radius 3 is 2.50 bits per heavy atom. The summed E-state index contributed by atoms with van der Waals surface area (Å²) in [6.45, 7) is 5.42. The Balaban J connectivity index is 1.91. The number of rotatable bonds is 4. The lowest BCUT2D eigenvalue weighted by Crippen LogP contribution is -2.31. The Bertz CT molecular complexity index is 457. The molecule has 0 bridgehead atoms. The van der Waals surface area contributed by atoms with E-state index in [0.29, 0.717) is 12.0 Å². The Kier molecular flexibility index (Phi) is 3.89. The predicted molar refractivity (Wildman–Crippen MR) is 81.5 cm³/mol. The van der Waals surface area contributed by atoms with Gasteiger partial charge in [0, 0.05) is 32.7 Å². The molecule has 3 rings (SSSR count). The lowest BCUT2D eigenvalue weighted by Gasteiger charge is -2.25. The lowest BCUT2D eigenvalue weighted by atomic mass is 10.2. The van der Waals surface area contributed by atoms with Gasteiger partial charge >= 0.3 is 0 Å². The lowest BCUT2D eigenvalue weighted by molar-refractivity contribution is 0.632. The third-order valence-electron chi connectivity index (χ3n) is 4.33. The molecule has 0 amide bonds. The van der Waals surface area contributed by atoms with Crippen molar-refractivity contribution in [2.45, 2.75) is 45.1 Å². The number of hydrogen-bond donors (Lipinski definition) is 1. The Labute approximate surface area is 120 Å². The van der Waals surface area contributed by atoms with Crippen molar-refractivity contribution in [1.29, 1.82) is 0 Å². The molecular formula is C14H24N6. The van der Waals surface area contributed by atoms with Gasteiger partial charge in [-0.25, -0.2) is 0 Å². The average Bonchev–Trinajstić information content (AvgIpc) is 3.17. The van der Waals surface area contributed by atoms with Gasteiger partial charge in [-0.2, -0.15) is 15.0 Å². The molecule has 20 heavy (non-hydrogen) atoms. The van der Waals surface area contributed by atoms with E-state index in [1.165, 1.54) is 25.7 Å². The van der Waals surface area contributed by atoms with Crippen molar-refractivity contribution in [2.75, 3.05) is 41.8 Å². The normalized spacial score (nSPS) is 22.6. The summed E-state index contributed by atoms with van der Waals surface area (Å²) in [6.07, 6.45) is 6.10. The van der Waals surface area contributed by atoms with Crippen LogP contribution in [0, 0.1) is 0 Å². The van der Waals surface area contributed by atoms with Gasteiger partial charge in [0.15, 0.2) is 0 Å². The third kappa shape index (κ3) is 2.51.